The number of nitrogens with one attached hydrogen (secondary N) is 1. The van der Waals surface area contributed by atoms with Gasteiger partial charge in [0.1, 0.15) is 11.3 Å². The van der Waals surface area contributed by atoms with Crippen molar-refractivity contribution in [3.63, 3.8) is 0 Å². The third-order valence-electron chi connectivity index (χ3n) is 2.96. The van der Waals surface area contributed by atoms with Crippen LogP contribution in [-0.2, 0) is 11.2 Å². The molecule has 116 valence electrons. The van der Waals surface area contributed by atoms with Gasteiger partial charge in [-0.05, 0) is 42.0 Å². The predicted molar refractivity (Wildman–Crippen MR) is 89.2 cm³/mol. The number of rotatable bonds is 5. The Morgan fingerprint density at radius 2 is 1.87 bits per heavy atom. The lowest BCUT2D eigenvalue weighted by Gasteiger charge is -2.06. The van der Waals surface area contributed by atoms with Crippen molar-refractivity contribution in [2.75, 3.05) is 5.32 Å². The minimum Gasteiger partial charge on any atom is -0.326 e. The highest BCUT2D eigenvalue weighted by molar-refractivity contribution is 8.01. The molecule has 3 aromatic rings. The van der Waals surface area contributed by atoms with Crippen LogP contribution in [0.2, 0.25) is 0 Å². The molecule has 1 heterocycles. The molecule has 0 bridgehead atoms. The summed E-state index contributed by atoms with van der Waals surface area (Å²) in [5, 5.41) is 10.6. The number of carbonyl (C=O) groups is 1. The summed E-state index contributed by atoms with van der Waals surface area (Å²) in [6, 6.07) is 13.4. The first-order valence-corrected chi connectivity index (χ1v) is 8.47. The lowest BCUT2D eigenvalue weighted by atomic mass is 10.1. The molecule has 7 heteroatoms. The molecule has 0 aliphatic heterocycles. The van der Waals surface area contributed by atoms with Crippen LogP contribution in [0.25, 0.3) is 0 Å². The molecular formula is C16H12FN3OS2. The molecule has 4 nitrogen and oxygen atoms in total. The van der Waals surface area contributed by atoms with Gasteiger partial charge < -0.3 is 5.32 Å². The van der Waals surface area contributed by atoms with E-state index in [4.69, 9.17) is 0 Å². The number of amides is 1. The lowest BCUT2D eigenvalue weighted by Crippen LogP contribution is -2.14. The minimum absolute atomic E-state index is 0.138. The Morgan fingerprint density at radius 1 is 1.13 bits per heavy atom. The molecule has 0 saturated carbocycles. The van der Waals surface area contributed by atoms with E-state index in [1.54, 1.807) is 17.6 Å². The number of halogens is 1. The molecule has 3 rings (SSSR count). The summed E-state index contributed by atoms with van der Waals surface area (Å²) < 4.78 is 13.7. The first kappa shape index (κ1) is 15.6. The Labute approximate surface area is 140 Å². The van der Waals surface area contributed by atoms with Crippen molar-refractivity contribution >= 4 is 34.7 Å². The van der Waals surface area contributed by atoms with Gasteiger partial charge in [0, 0.05) is 10.6 Å². The fourth-order valence-corrected chi connectivity index (χ4v) is 3.36. The number of benzene rings is 2. The van der Waals surface area contributed by atoms with Crippen LogP contribution in [0.5, 0.6) is 0 Å². The van der Waals surface area contributed by atoms with Crippen molar-refractivity contribution < 1.29 is 9.18 Å². The maximum Gasteiger partial charge on any atom is 0.228 e. The maximum absolute atomic E-state index is 12.8. The average molecular weight is 345 g/mol. The monoisotopic (exact) mass is 345 g/mol. The van der Waals surface area contributed by atoms with E-state index in [-0.39, 0.29) is 18.1 Å². The highest BCUT2D eigenvalue weighted by atomic mass is 32.2. The van der Waals surface area contributed by atoms with Crippen LogP contribution in [0, 0.1) is 5.82 Å². The molecule has 0 atom stereocenters. The van der Waals surface area contributed by atoms with Crippen molar-refractivity contribution in [3.8, 4) is 0 Å². The molecule has 0 radical (unpaired) electrons. The van der Waals surface area contributed by atoms with Gasteiger partial charge >= 0.3 is 0 Å². The van der Waals surface area contributed by atoms with Gasteiger partial charge in [-0.2, -0.15) is 0 Å². The van der Waals surface area contributed by atoms with Crippen molar-refractivity contribution in [2.45, 2.75) is 15.7 Å². The lowest BCUT2D eigenvalue weighted by molar-refractivity contribution is -0.115. The van der Waals surface area contributed by atoms with E-state index in [0.29, 0.717) is 0 Å². The van der Waals surface area contributed by atoms with Gasteiger partial charge in [-0.15, -0.1) is 10.2 Å². The van der Waals surface area contributed by atoms with E-state index < -0.39 is 0 Å². The van der Waals surface area contributed by atoms with Gasteiger partial charge in [0.2, 0.25) is 5.91 Å². The van der Waals surface area contributed by atoms with E-state index in [9.17, 15) is 9.18 Å². The van der Waals surface area contributed by atoms with Crippen LogP contribution in [0.1, 0.15) is 5.56 Å². The van der Waals surface area contributed by atoms with Crippen LogP contribution in [-0.4, -0.2) is 16.1 Å². The van der Waals surface area contributed by atoms with E-state index in [1.165, 1.54) is 35.2 Å². The van der Waals surface area contributed by atoms with Gasteiger partial charge in [-0.25, -0.2) is 4.39 Å². The summed E-state index contributed by atoms with van der Waals surface area (Å²) in [6.07, 6.45) is 0.210. The third kappa shape index (κ3) is 4.61. The topological polar surface area (TPSA) is 54.9 Å². The van der Waals surface area contributed by atoms with Gasteiger partial charge in [-0.1, -0.05) is 35.2 Å². The zero-order valence-electron chi connectivity index (χ0n) is 11.9. The Kier molecular flexibility index (Phi) is 4.99. The summed E-state index contributed by atoms with van der Waals surface area (Å²) in [4.78, 5) is 13.0. The number of carbonyl (C=O) groups excluding carboxylic acids is 1. The molecule has 0 spiro atoms. The second-order valence-electron chi connectivity index (χ2n) is 4.68. The van der Waals surface area contributed by atoms with Gasteiger partial charge in [0.15, 0.2) is 4.34 Å². The quantitative estimate of drug-likeness (QED) is 0.759. The number of nitrogens with zero attached hydrogens (tertiary/aromatic N) is 2. The maximum atomic E-state index is 12.8. The fourth-order valence-electron chi connectivity index (χ4n) is 1.91. The molecule has 2 aromatic carbocycles. The number of hydrogen-bond acceptors (Lipinski definition) is 5. The number of hydrogen-bond donors (Lipinski definition) is 1. The van der Waals surface area contributed by atoms with E-state index in [0.717, 1.165) is 20.5 Å². The SMILES string of the molecule is O=C(Cc1ccc(F)cc1)Nc1ccc(Sc2nncs2)cc1. The van der Waals surface area contributed by atoms with Crippen molar-refractivity contribution in [1.29, 1.82) is 0 Å². The van der Waals surface area contributed by atoms with E-state index >= 15 is 0 Å². The predicted octanol–water partition coefficient (Wildman–Crippen LogP) is 4.01. The average Bonchev–Trinajstić information content (AvgIpc) is 3.04. The van der Waals surface area contributed by atoms with Crippen LogP contribution in [0.3, 0.4) is 0 Å². The molecule has 1 aromatic heterocycles. The van der Waals surface area contributed by atoms with Crippen LogP contribution in [0.4, 0.5) is 10.1 Å². The van der Waals surface area contributed by atoms with Gasteiger partial charge in [0.25, 0.3) is 0 Å². The Morgan fingerprint density at radius 3 is 2.52 bits per heavy atom. The van der Waals surface area contributed by atoms with E-state index in [1.807, 2.05) is 24.3 Å². The normalized spacial score (nSPS) is 10.5. The zero-order valence-corrected chi connectivity index (χ0v) is 13.5. The minimum atomic E-state index is -0.308. The summed E-state index contributed by atoms with van der Waals surface area (Å²) in [6.45, 7) is 0. The Balaban J connectivity index is 1.57. The molecule has 0 aliphatic carbocycles. The number of anilines is 1. The van der Waals surface area contributed by atoms with Crippen LogP contribution < -0.4 is 5.32 Å². The molecular weight excluding hydrogens is 333 g/mol. The zero-order chi connectivity index (χ0) is 16.1. The summed E-state index contributed by atoms with van der Waals surface area (Å²) >= 11 is 3.00. The summed E-state index contributed by atoms with van der Waals surface area (Å²) in [7, 11) is 0. The molecule has 23 heavy (non-hydrogen) atoms. The standard InChI is InChI=1S/C16H12FN3OS2/c17-12-3-1-11(2-4-12)9-15(21)19-13-5-7-14(8-6-13)23-16-20-18-10-22-16/h1-8,10H,9H2,(H,19,21). The first-order chi connectivity index (χ1) is 11.2. The number of aromatic nitrogens is 2. The molecule has 0 fully saturated rings. The molecule has 0 unspecified atom stereocenters. The molecule has 0 aliphatic rings. The van der Waals surface area contributed by atoms with Crippen molar-refractivity contribution in [2.24, 2.45) is 0 Å². The van der Waals surface area contributed by atoms with Gasteiger partial charge in [-0.3, -0.25) is 4.79 Å². The Hall–Kier alpha value is -2.25. The highest BCUT2D eigenvalue weighted by Crippen LogP contribution is 2.29. The van der Waals surface area contributed by atoms with Gasteiger partial charge in [0.05, 0.1) is 6.42 Å². The smallest absolute Gasteiger partial charge is 0.228 e. The molecule has 1 amide bonds. The third-order valence-corrected chi connectivity index (χ3v) is 4.75. The first-order valence-electron chi connectivity index (χ1n) is 6.77. The van der Waals surface area contributed by atoms with Crippen LogP contribution in [0.15, 0.2) is 63.3 Å². The summed E-state index contributed by atoms with van der Waals surface area (Å²) in [5.41, 5.74) is 3.18. The van der Waals surface area contributed by atoms with Crippen molar-refractivity contribution in [3.05, 3.63) is 65.4 Å². The van der Waals surface area contributed by atoms with Crippen LogP contribution >= 0.6 is 23.1 Å². The largest absolute Gasteiger partial charge is 0.326 e. The van der Waals surface area contributed by atoms with Crippen molar-refractivity contribution in [1.82, 2.24) is 10.2 Å². The highest BCUT2D eigenvalue weighted by Gasteiger charge is 2.05. The second-order valence-corrected chi connectivity index (χ2v) is 6.84. The fraction of sp³-hybridized carbons (Fsp3) is 0.0625. The molecule has 0 saturated heterocycles. The van der Waals surface area contributed by atoms with E-state index in [2.05, 4.69) is 15.5 Å². The summed E-state index contributed by atoms with van der Waals surface area (Å²) in [5.74, 6) is -0.446. The second kappa shape index (κ2) is 7.34. The molecule has 1 N–H and O–H groups in total. The Bertz CT molecular complexity index is 774.